The van der Waals surface area contributed by atoms with Crippen molar-refractivity contribution in [2.75, 3.05) is 39.6 Å². The van der Waals surface area contributed by atoms with Gasteiger partial charge in [0.25, 0.3) is 0 Å². The zero-order valence-electron chi connectivity index (χ0n) is 58.1. The second-order valence-corrected chi connectivity index (χ2v) is 29.0. The Balaban J connectivity index is 2.25. The van der Waals surface area contributed by atoms with Crippen LogP contribution < -0.4 is 16.4 Å². The molecule has 0 saturated carbocycles. The number of carbonyl (C=O) groups is 3. The van der Waals surface area contributed by atoms with Gasteiger partial charge in [-0.1, -0.05) is 245 Å². The summed E-state index contributed by atoms with van der Waals surface area (Å²) in [5, 5.41) is 61.6. The number of nitrogens with two attached hydrogens (primary N) is 1. The van der Waals surface area contributed by atoms with Crippen molar-refractivity contribution in [2.24, 2.45) is 5.73 Å². The summed E-state index contributed by atoms with van der Waals surface area (Å²) in [5.41, 5.74) is 5.58. The Hall–Kier alpha value is -1.77. The van der Waals surface area contributed by atoms with Crippen molar-refractivity contribution in [1.29, 1.82) is 0 Å². The highest BCUT2D eigenvalue weighted by atomic mass is 31.2. The van der Waals surface area contributed by atoms with Gasteiger partial charge in [0.2, 0.25) is 11.8 Å². The number of unbranched alkanes of at least 4 members (excludes halogenated alkanes) is 35. The molecule has 0 spiro atoms. The number of aliphatic hydroxyl groups is 5. The van der Waals surface area contributed by atoms with Crippen molar-refractivity contribution in [1.82, 2.24) is 10.6 Å². The van der Waals surface area contributed by atoms with E-state index in [0.717, 1.165) is 129 Å². The Bertz CT molecular complexity index is 1970. The molecule has 13 atom stereocenters. The summed E-state index contributed by atoms with van der Waals surface area (Å²) >= 11 is 0. The van der Waals surface area contributed by atoms with Gasteiger partial charge in [-0.25, -0.2) is 9.13 Å². The maximum absolute atomic E-state index is 14.1. The quantitative estimate of drug-likeness (QED) is 0.0153. The smallest absolute Gasteiger partial charge is 0.462 e. The highest BCUT2D eigenvalue weighted by Gasteiger charge is 2.51. The second-order valence-electron chi connectivity index (χ2n) is 26.3. The van der Waals surface area contributed by atoms with Crippen LogP contribution in [0.2, 0.25) is 0 Å². The van der Waals surface area contributed by atoms with Gasteiger partial charge >= 0.3 is 21.6 Å². The van der Waals surface area contributed by atoms with E-state index < -0.39 is 133 Å². The molecule has 0 aromatic heterocycles. The van der Waals surface area contributed by atoms with Gasteiger partial charge in [-0.05, 0) is 45.1 Å². The average molecular weight is 1390 g/mol. The summed E-state index contributed by atoms with van der Waals surface area (Å²) in [5.74, 6) is -1.92. The van der Waals surface area contributed by atoms with Gasteiger partial charge in [0, 0.05) is 6.42 Å². The Kier molecular flexibility index (Phi) is 52.6. The van der Waals surface area contributed by atoms with E-state index in [9.17, 15) is 63.7 Å². The molecule has 12 N–H and O–H groups in total. The second kappa shape index (κ2) is 55.9. The minimum Gasteiger partial charge on any atom is -0.462 e. The largest absolute Gasteiger partial charge is 0.472 e. The normalized spacial score (nSPS) is 23.0. The number of ether oxygens (including phenoxy) is 5. The van der Waals surface area contributed by atoms with Crippen LogP contribution in [0.1, 0.15) is 303 Å². The molecule has 2 rings (SSSR count). The number of hydrogen-bond donors (Lipinski definition) is 11. The van der Waals surface area contributed by atoms with Crippen LogP contribution in [0.3, 0.4) is 0 Å². The molecule has 2 fully saturated rings. The zero-order valence-corrected chi connectivity index (χ0v) is 59.9. The molecule has 0 radical (unpaired) electrons. The highest BCUT2D eigenvalue weighted by molar-refractivity contribution is 7.47. The summed E-state index contributed by atoms with van der Waals surface area (Å²) in [7, 11) is -9.93. The van der Waals surface area contributed by atoms with E-state index in [1.165, 1.54) is 103 Å². The Morgan fingerprint density at radius 3 is 1.39 bits per heavy atom. The van der Waals surface area contributed by atoms with Gasteiger partial charge in [-0.15, -0.1) is 0 Å². The van der Waals surface area contributed by atoms with Gasteiger partial charge in [-0.3, -0.25) is 28.0 Å². The molecule has 26 heteroatoms. The lowest BCUT2D eigenvalue weighted by Gasteiger charge is -2.45. The minimum atomic E-state index is -5.38. The Morgan fingerprint density at radius 1 is 0.489 bits per heavy atom. The minimum absolute atomic E-state index is 0.0223. The van der Waals surface area contributed by atoms with Crippen LogP contribution >= 0.6 is 15.6 Å². The first-order valence-corrected chi connectivity index (χ1v) is 40.0. The van der Waals surface area contributed by atoms with Crippen molar-refractivity contribution in [3.63, 3.8) is 0 Å². The first kappa shape index (κ1) is 88.3. The fourth-order valence-corrected chi connectivity index (χ4v) is 13.5. The van der Waals surface area contributed by atoms with Crippen molar-refractivity contribution in [3.8, 4) is 0 Å². The molecule has 0 aliphatic carbocycles. The lowest BCUT2D eigenvalue weighted by Crippen LogP contribution is -2.67. The predicted octanol–water partition coefficient (Wildman–Crippen LogP) is 11.6. The molecule has 0 bridgehead atoms. The van der Waals surface area contributed by atoms with Gasteiger partial charge < -0.3 is 80.3 Å². The van der Waals surface area contributed by atoms with Crippen molar-refractivity contribution in [2.45, 2.75) is 377 Å². The summed E-state index contributed by atoms with van der Waals surface area (Å²) < 4.78 is 70.4. The number of phosphoric acid groups is 2. The Labute approximate surface area is 564 Å². The van der Waals surface area contributed by atoms with Crippen LogP contribution in [0.25, 0.3) is 0 Å². The summed E-state index contributed by atoms with van der Waals surface area (Å²) in [6.45, 7) is 4.59. The number of nitrogens with one attached hydrogen (secondary N) is 2. The topological polar surface area (TPSA) is 371 Å². The third-order valence-electron chi connectivity index (χ3n) is 17.8. The molecule has 24 nitrogen and oxygen atoms in total. The third-order valence-corrected chi connectivity index (χ3v) is 19.3. The molecule has 94 heavy (non-hydrogen) atoms. The number of carbonyl (C=O) groups excluding carboxylic acids is 3. The van der Waals surface area contributed by atoms with E-state index in [1.54, 1.807) is 0 Å². The summed E-state index contributed by atoms with van der Waals surface area (Å²) in [4.78, 5) is 71.2. The number of aliphatic hydroxyl groups excluding tert-OH is 5. The molecule has 1 unspecified atom stereocenters. The third kappa shape index (κ3) is 43.7. The van der Waals surface area contributed by atoms with E-state index in [0.29, 0.717) is 38.5 Å². The Morgan fingerprint density at radius 2 is 0.904 bits per heavy atom. The maximum atomic E-state index is 14.1. The van der Waals surface area contributed by atoms with Crippen molar-refractivity contribution < 1.29 is 101 Å². The molecule has 2 saturated heterocycles. The van der Waals surface area contributed by atoms with Crippen molar-refractivity contribution in [3.05, 3.63) is 0 Å². The fourth-order valence-electron chi connectivity index (χ4n) is 12.2. The molecule has 0 aromatic rings. The van der Waals surface area contributed by atoms with E-state index in [4.69, 9.17) is 43.0 Å². The van der Waals surface area contributed by atoms with E-state index in [1.807, 2.05) is 0 Å². The maximum Gasteiger partial charge on any atom is 0.472 e. The monoisotopic (exact) mass is 1390 g/mol. The van der Waals surface area contributed by atoms with Crippen LogP contribution in [-0.4, -0.2) is 171 Å². The van der Waals surface area contributed by atoms with Crippen LogP contribution in [0, 0.1) is 0 Å². The molecule has 2 aliphatic heterocycles. The van der Waals surface area contributed by atoms with E-state index >= 15 is 0 Å². The molecule has 2 aliphatic rings. The SMILES string of the molecule is CCCCCCCCCCCC(=O)O[C@H](CCCCCCCCCCC)CC(=O)N[C@H]1[C@H](OC[C@H]2O[C@H](OCCOP(=O)(O)OCCCCCCCCCCCCCCN)[C@H](NC(=O)C[C@H](O)CCCCCCCCCCC)[C@@H](O)[C@@H]2O)O[C@H](CO)[C@@H](OP(=O)(O)O)[C@@H]1O. The summed E-state index contributed by atoms with van der Waals surface area (Å²) in [6, 6.07) is -3.19. The number of hydrogen-bond acceptors (Lipinski definition) is 19. The number of amides is 2. The standard InChI is InChI=1S/C68H133N3O21P2/c1-4-7-10-13-16-23-28-33-38-43-54(73)50-58(74)70-61-64(78)63(77)57(91-67(61)85-48-49-88-94(83,84)87-47-42-37-32-27-22-20-19-21-26-31-36-41-46-69)53-86-68-62(65(79)66(56(52-72)90-68)92-93(80,81)82)71-59(75)51-55(44-39-34-29-24-17-14-11-8-5-2)89-60(76)45-40-35-30-25-18-15-12-9-6-3/h54-57,61-68,72-73,77-79H,4-53,69H2,1-3H3,(H,70,74)(H,71,75)(H,83,84)(H2,80,81,82)/t54-,55-,56-,57-,61-,62-,63-,64-,65-,66-,67+,68-/m1/s1. The first-order valence-electron chi connectivity index (χ1n) is 37.0. The lowest BCUT2D eigenvalue weighted by molar-refractivity contribution is -0.303. The zero-order chi connectivity index (χ0) is 69.1. The fraction of sp³-hybridized carbons (Fsp3) is 0.956. The molecule has 2 amide bonds. The molecular weight excluding hydrogens is 1260 g/mol. The number of esters is 1. The first-order chi connectivity index (χ1) is 45.3. The number of rotatable bonds is 63. The summed E-state index contributed by atoms with van der Waals surface area (Å²) in [6.07, 6.45) is 25.3. The van der Waals surface area contributed by atoms with E-state index in [2.05, 4.69) is 31.4 Å². The molecular formula is C68H133N3O21P2. The lowest BCUT2D eigenvalue weighted by atomic mass is 9.95. The molecule has 2 heterocycles. The van der Waals surface area contributed by atoms with Gasteiger partial charge in [-0.2, -0.15) is 0 Å². The van der Waals surface area contributed by atoms with Crippen LogP contribution in [0.15, 0.2) is 0 Å². The van der Waals surface area contributed by atoms with Crippen LogP contribution in [0.5, 0.6) is 0 Å². The van der Waals surface area contributed by atoms with Gasteiger partial charge in [0.1, 0.15) is 54.8 Å². The average Bonchev–Trinajstić information content (AvgIpc) is 0.802. The highest BCUT2D eigenvalue weighted by Crippen LogP contribution is 2.44. The van der Waals surface area contributed by atoms with E-state index in [-0.39, 0.29) is 25.9 Å². The van der Waals surface area contributed by atoms with Crippen molar-refractivity contribution >= 4 is 33.4 Å². The van der Waals surface area contributed by atoms with Gasteiger partial charge in [0.15, 0.2) is 12.6 Å². The predicted molar refractivity (Wildman–Crippen MR) is 362 cm³/mol. The van der Waals surface area contributed by atoms with Crippen LogP contribution in [-0.2, 0) is 60.8 Å². The molecule has 0 aromatic carbocycles. The molecule has 556 valence electrons. The van der Waals surface area contributed by atoms with Gasteiger partial charge in [0.05, 0.1) is 52.0 Å². The van der Waals surface area contributed by atoms with Crippen LogP contribution in [0.4, 0.5) is 0 Å². The number of phosphoric ester groups is 2.